The van der Waals surface area contributed by atoms with Gasteiger partial charge in [0.05, 0.1) is 26.2 Å². The quantitative estimate of drug-likeness (QED) is 0.737. The number of carbonyl (C=O) groups excluding carboxylic acids is 1. The highest BCUT2D eigenvalue weighted by Gasteiger charge is 2.16. The lowest BCUT2D eigenvalue weighted by Gasteiger charge is -2.15. The predicted octanol–water partition coefficient (Wildman–Crippen LogP) is 1.60. The Morgan fingerprint density at radius 1 is 1.04 bits per heavy atom. The second-order valence-corrected chi connectivity index (χ2v) is 7.30. The molecule has 0 heterocycles. The van der Waals surface area contributed by atoms with Crippen molar-refractivity contribution in [1.82, 2.24) is 5.32 Å². The third-order valence-corrected chi connectivity index (χ3v) is 4.87. The molecular formula is C18H22N2O6S. The largest absolute Gasteiger partial charge is 0.493 e. The fourth-order valence-corrected chi connectivity index (χ4v) is 3.08. The number of hydrogen-bond donors (Lipinski definition) is 2. The molecule has 1 amide bonds. The number of sulfonamides is 1. The molecule has 0 saturated carbocycles. The summed E-state index contributed by atoms with van der Waals surface area (Å²) in [5.41, 5.74) is 1.58. The normalized spacial score (nSPS) is 11.0. The van der Waals surface area contributed by atoms with Crippen LogP contribution < -0.4 is 24.7 Å². The van der Waals surface area contributed by atoms with Gasteiger partial charge in [-0.2, -0.15) is 0 Å². The first-order chi connectivity index (χ1) is 12.7. The average Bonchev–Trinajstić information content (AvgIpc) is 2.64. The van der Waals surface area contributed by atoms with E-state index < -0.39 is 15.9 Å². The molecule has 0 fully saturated rings. The zero-order valence-corrected chi connectivity index (χ0v) is 16.3. The average molecular weight is 394 g/mol. The van der Waals surface area contributed by atoms with Gasteiger partial charge in [-0.1, -0.05) is 6.07 Å². The van der Waals surface area contributed by atoms with Crippen LogP contribution in [0, 0.1) is 6.92 Å². The predicted molar refractivity (Wildman–Crippen MR) is 99.8 cm³/mol. The van der Waals surface area contributed by atoms with Gasteiger partial charge in [-0.25, -0.2) is 13.6 Å². The van der Waals surface area contributed by atoms with Crippen LogP contribution in [0.2, 0.25) is 0 Å². The van der Waals surface area contributed by atoms with Gasteiger partial charge in [0.1, 0.15) is 0 Å². The number of amides is 1. The summed E-state index contributed by atoms with van der Waals surface area (Å²) in [5, 5.41) is 7.88. The van der Waals surface area contributed by atoms with Crippen molar-refractivity contribution >= 4 is 15.9 Å². The summed E-state index contributed by atoms with van der Waals surface area (Å²) < 4.78 is 38.8. The van der Waals surface area contributed by atoms with Gasteiger partial charge in [0.25, 0.3) is 5.91 Å². The third-order valence-electron chi connectivity index (χ3n) is 3.96. The molecule has 27 heavy (non-hydrogen) atoms. The van der Waals surface area contributed by atoms with Crippen LogP contribution in [-0.2, 0) is 16.6 Å². The van der Waals surface area contributed by atoms with Gasteiger partial charge < -0.3 is 19.5 Å². The molecule has 0 aliphatic carbocycles. The Hall–Kier alpha value is -2.78. The summed E-state index contributed by atoms with van der Waals surface area (Å²) in [7, 11) is 0.611. The first-order valence-electron chi connectivity index (χ1n) is 7.91. The number of nitrogens with one attached hydrogen (secondary N) is 1. The first kappa shape index (κ1) is 20.5. The molecule has 9 heteroatoms. The Bertz CT molecular complexity index is 931. The van der Waals surface area contributed by atoms with Crippen LogP contribution in [0.3, 0.4) is 0 Å². The number of carbonyl (C=O) groups is 1. The van der Waals surface area contributed by atoms with E-state index in [1.54, 1.807) is 19.1 Å². The van der Waals surface area contributed by atoms with Gasteiger partial charge in [0.15, 0.2) is 11.5 Å². The van der Waals surface area contributed by atoms with Gasteiger partial charge in [-0.3, -0.25) is 4.79 Å². The van der Waals surface area contributed by atoms with Crippen LogP contribution in [-0.4, -0.2) is 35.7 Å². The SMILES string of the molecule is COc1cc(CNC(=O)c2cc(S(N)(=O)=O)ccc2C)cc(OC)c1OC. The fraction of sp³-hybridized carbons (Fsp3) is 0.278. The lowest BCUT2D eigenvalue weighted by atomic mass is 10.1. The van der Waals surface area contributed by atoms with Gasteiger partial charge in [0.2, 0.25) is 15.8 Å². The number of methoxy groups -OCH3 is 3. The van der Waals surface area contributed by atoms with Crippen molar-refractivity contribution in [3.63, 3.8) is 0 Å². The first-order valence-corrected chi connectivity index (χ1v) is 9.46. The third kappa shape index (κ3) is 4.69. The fourth-order valence-electron chi connectivity index (χ4n) is 2.54. The summed E-state index contributed by atoms with van der Waals surface area (Å²) in [4.78, 5) is 12.4. The maximum atomic E-state index is 12.5. The lowest BCUT2D eigenvalue weighted by Crippen LogP contribution is -2.24. The summed E-state index contributed by atoms with van der Waals surface area (Å²) >= 11 is 0. The number of aryl methyl sites for hydroxylation is 1. The number of hydrogen-bond acceptors (Lipinski definition) is 6. The van der Waals surface area contributed by atoms with E-state index in [4.69, 9.17) is 19.3 Å². The van der Waals surface area contributed by atoms with Crippen LogP contribution in [0.5, 0.6) is 17.2 Å². The molecule has 0 aliphatic rings. The number of ether oxygens (including phenoxy) is 3. The van der Waals surface area contributed by atoms with E-state index in [0.717, 1.165) is 5.56 Å². The summed E-state index contributed by atoms with van der Waals surface area (Å²) in [6, 6.07) is 7.59. The van der Waals surface area contributed by atoms with Crippen molar-refractivity contribution in [3.05, 3.63) is 47.0 Å². The van der Waals surface area contributed by atoms with Crippen molar-refractivity contribution in [3.8, 4) is 17.2 Å². The van der Waals surface area contributed by atoms with E-state index in [1.165, 1.54) is 39.5 Å². The second kappa shape index (κ2) is 8.28. The van der Waals surface area contributed by atoms with Crippen LogP contribution in [0.15, 0.2) is 35.2 Å². The van der Waals surface area contributed by atoms with Gasteiger partial charge >= 0.3 is 0 Å². The molecular weight excluding hydrogens is 372 g/mol. The maximum absolute atomic E-state index is 12.5. The smallest absolute Gasteiger partial charge is 0.251 e. The molecule has 0 aliphatic heterocycles. The lowest BCUT2D eigenvalue weighted by molar-refractivity contribution is 0.0950. The monoisotopic (exact) mass is 394 g/mol. The molecule has 0 radical (unpaired) electrons. The zero-order chi connectivity index (χ0) is 20.2. The summed E-state index contributed by atoms with van der Waals surface area (Å²) in [6.45, 7) is 1.88. The van der Waals surface area contributed by atoms with E-state index in [1.807, 2.05) is 0 Å². The number of nitrogens with two attached hydrogens (primary N) is 1. The minimum atomic E-state index is -3.90. The number of rotatable bonds is 7. The minimum Gasteiger partial charge on any atom is -0.493 e. The van der Waals surface area contributed by atoms with E-state index in [0.29, 0.717) is 22.8 Å². The van der Waals surface area contributed by atoms with Crippen molar-refractivity contribution in [2.24, 2.45) is 5.14 Å². The van der Waals surface area contributed by atoms with Crippen molar-refractivity contribution < 1.29 is 27.4 Å². The van der Waals surface area contributed by atoms with Crippen molar-refractivity contribution in [2.45, 2.75) is 18.4 Å². The Morgan fingerprint density at radius 3 is 2.11 bits per heavy atom. The molecule has 3 N–H and O–H groups in total. The Morgan fingerprint density at radius 2 is 1.63 bits per heavy atom. The highest BCUT2D eigenvalue weighted by molar-refractivity contribution is 7.89. The topological polar surface area (TPSA) is 117 Å². The van der Waals surface area contributed by atoms with Crippen molar-refractivity contribution in [1.29, 1.82) is 0 Å². The molecule has 0 aromatic heterocycles. The van der Waals surface area contributed by atoms with Crippen LogP contribution in [0.1, 0.15) is 21.5 Å². The molecule has 8 nitrogen and oxygen atoms in total. The van der Waals surface area contributed by atoms with Crippen LogP contribution in [0.4, 0.5) is 0 Å². The number of benzene rings is 2. The molecule has 146 valence electrons. The summed E-state index contributed by atoms with van der Waals surface area (Å²) in [5.74, 6) is 0.959. The minimum absolute atomic E-state index is 0.119. The Balaban J connectivity index is 2.26. The zero-order valence-electron chi connectivity index (χ0n) is 15.5. The standard InChI is InChI=1S/C18H22N2O6S/c1-11-5-6-13(27(19,22)23)9-14(11)18(21)20-10-12-7-15(24-2)17(26-4)16(8-12)25-3/h5-9H,10H2,1-4H3,(H,20,21)(H2,19,22,23). The molecule has 0 unspecified atom stereocenters. The molecule has 0 saturated heterocycles. The van der Waals surface area contributed by atoms with Crippen LogP contribution >= 0.6 is 0 Å². The van der Waals surface area contributed by atoms with Gasteiger partial charge in [-0.15, -0.1) is 0 Å². The maximum Gasteiger partial charge on any atom is 0.251 e. The molecule has 0 spiro atoms. The molecule has 2 aromatic carbocycles. The molecule has 0 atom stereocenters. The van der Waals surface area contributed by atoms with E-state index in [9.17, 15) is 13.2 Å². The van der Waals surface area contributed by atoms with Gasteiger partial charge in [-0.05, 0) is 42.3 Å². The van der Waals surface area contributed by atoms with Crippen molar-refractivity contribution in [2.75, 3.05) is 21.3 Å². The molecule has 0 bridgehead atoms. The molecule has 2 aromatic rings. The van der Waals surface area contributed by atoms with E-state index in [2.05, 4.69) is 5.32 Å². The highest BCUT2D eigenvalue weighted by atomic mass is 32.2. The van der Waals surface area contributed by atoms with Crippen LogP contribution in [0.25, 0.3) is 0 Å². The highest BCUT2D eigenvalue weighted by Crippen LogP contribution is 2.38. The molecule has 2 rings (SSSR count). The van der Waals surface area contributed by atoms with Gasteiger partial charge in [0, 0.05) is 12.1 Å². The second-order valence-electron chi connectivity index (χ2n) is 5.74. The van der Waals surface area contributed by atoms with E-state index >= 15 is 0 Å². The number of primary sulfonamides is 1. The Kier molecular flexibility index (Phi) is 6.29. The summed E-state index contributed by atoms with van der Waals surface area (Å²) in [6.07, 6.45) is 0. The Labute approximate surface area is 158 Å². The van der Waals surface area contributed by atoms with E-state index in [-0.39, 0.29) is 17.0 Å².